The summed E-state index contributed by atoms with van der Waals surface area (Å²) in [7, 11) is 0. The molecule has 0 aromatic rings. The van der Waals surface area contributed by atoms with Gasteiger partial charge >= 0.3 is 18.0 Å². The quantitative estimate of drug-likeness (QED) is 0.527. The Kier molecular flexibility index (Phi) is 7.55. The van der Waals surface area contributed by atoms with E-state index in [9.17, 15) is 14.4 Å². The van der Waals surface area contributed by atoms with Gasteiger partial charge in [-0.05, 0) is 18.8 Å². The maximum Gasteiger partial charge on any atom is 0.326 e. The molecule has 110 valence electrons. The summed E-state index contributed by atoms with van der Waals surface area (Å²) < 4.78 is 0. The number of rotatable bonds is 8. The SMILES string of the molecule is CCC(NC(=O)N[C@@H](CCC(=O)O)C(=O)O)C(C)C. The molecule has 0 bridgehead atoms. The van der Waals surface area contributed by atoms with E-state index in [1.165, 1.54) is 0 Å². The number of carboxylic acid groups (broad SMARTS) is 2. The van der Waals surface area contributed by atoms with Gasteiger partial charge in [-0.25, -0.2) is 9.59 Å². The van der Waals surface area contributed by atoms with Crippen LogP contribution in [-0.2, 0) is 9.59 Å². The van der Waals surface area contributed by atoms with E-state index >= 15 is 0 Å². The Morgan fingerprint density at radius 3 is 2.05 bits per heavy atom. The first-order valence-corrected chi connectivity index (χ1v) is 6.29. The monoisotopic (exact) mass is 274 g/mol. The van der Waals surface area contributed by atoms with Gasteiger partial charge in [-0.3, -0.25) is 4.79 Å². The Bertz CT molecular complexity index is 330. The van der Waals surface area contributed by atoms with E-state index in [1.807, 2.05) is 20.8 Å². The van der Waals surface area contributed by atoms with Crippen LogP contribution in [0.2, 0.25) is 0 Å². The third kappa shape index (κ3) is 7.28. The second-order valence-electron chi connectivity index (χ2n) is 4.70. The first-order chi connectivity index (χ1) is 8.77. The van der Waals surface area contributed by atoms with Crippen molar-refractivity contribution in [1.82, 2.24) is 10.6 Å². The van der Waals surface area contributed by atoms with Crippen molar-refractivity contribution in [3.8, 4) is 0 Å². The molecule has 0 saturated heterocycles. The topological polar surface area (TPSA) is 116 Å². The van der Waals surface area contributed by atoms with Crippen molar-refractivity contribution in [2.45, 2.75) is 52.1 Å². The number of carbonyl (C=O) groups excluding carboxylic acids is 1. The third-order valence-corrected chi connectivity index (χ3v) is 2.81. The molecule has 19 heavy (non-hydrogen) atoms. The Balaban J connectivity index is 4.38. The molecular weight excluding hydrogens is 252 g/mol. The normalized spacial score (nSPS) is 13.7. The van der Waals surface area contributed by atoms with Crippen molar-refractivity contribution in [2.75, 3.05) is 0 Å². The van der Waals surface area contributed by atoms with Crippen LogP contribution in [-0.4, -0.2) is 40.3 Å². The van der Waals surface area contributed by atoms with E-state index in [4.69, 9.17) is 10.2 Å². The lowest BCUT2D eigenvalue weighted by Crippen LogP contribution is -2.50. The largest absolute Gasteiger partial charge is 0.481 e. The van der Waals surface area contributed by atoms with Gasteiger partial charge in [0.2, 0.25) is 0 Å². The molecule has 4 N–H and O–H groups in total. The molecule has 0 rings (SSSR count). The zero-order valence-electron chi connectivity index (χ0n) is 11.5. The van der Waals surface area contributed by atoms with Crippen LogP contribution < -0.4 is 10.6 Å². The van der Waals surface area contributed by atoms with E-state index in [0.717, 1.165) is 6.42 Å². The van der Waals surface area contributed by atoms with Crippen LogP contribution in [0.15, 0.2) is 0 Å². The lowest BCUT2D eigenvalue weighted by Gasteiger charge is -2.22. The number of carboxylic acids is 2. The summed E-state index contributed by atoms with van der Waals surface area (Å²) in [5, 5.41) is 22.4. The number of amides is 2. The zero-order valence-corrected chi connectivity index (χ0v) is 11.5. The first-order valence-electron chi connectivity index (χ1n) is 6.29. The standard InChI is InChI=1S/C12H22N2O5/c1-4-8(7(2)3)13-12(19)14-9(11(17)18)5-6-10(15)16/h7-9H,4-6H2,1-3H3,(H,15,16)(H,17,18)(H2,13,14,19)/t8?,9-/m0/s1. The molecular formula is C12H22N2O5. The molecule has 0 saturated carbocycles. The Hall–Kier alpha value is -1.79. The van der Waals surface area contributed by atoms with Crippen LogP contribution in [0.4, 0.5) is 4.79 Å². The van der Waals surface area contributed by atoms with Gasteiger partial charge in [0.1, 0.15) is 6.04 Å². The molecule has 7 nitrogen and oxygen atoms in total. The van der Waals surface area contributed by atoms with E-state index < -0.39 is 24.0 Å². The molecule has 0 heterocycles. The molecule has 0 aromatic carbocycles. The van der Waals surface area contributed by atoms with Crippen molar-refractivity contribution in [3.63, 3.8) is 0 Å². The Labute approximate surface area is 112 Å². The molecule has 0 aliphatic heterocycles. The van der Waals surface area contributed by atoms with Crippen LogP contribution in [0.3, 0.4) is 0 Å². The third-order valence-electron chi connectivity index (χ3n) is 2.81. The maximum atomic E-state index is 11.6. The van der Waals surface area contributed by atoms with Crippen molar-refractivity contribution in [2.24, 2.45) is 5.92 Å². The highest BCUT2D eigenvalue weighted by Crippen LogP contribution is 2.05. The van der Waals surface area contributed by atoms with E-state index in [0.29, 0.717) is 0 Å². The fourth-order valence-electron chi connectivity index (χ4n) is 1.63. The summed E-state index contributed by atoms with van der Waals surface area (Å²) in [5.41, 5.74) is 0. The molecule has 0 radical (unpaired) electrons. The van der Waals surface area contributed by atoms with Gasteiger partial charge in [-0.15, -0.1) is 0 Å². The number of hydrogen-bond acceptors (Lipinski definition) is 3. The smallest absolute Gasteiger partial charge is 0.326 e. The molecule has 0 aliphatic carbocycles. The average molecular weight is 274 g/mol. The summed E-state index contributed by atoms with van der Waals surface area (Å²) >= 11 is 0. The van der Waals surface area contributed by atoms with Crippen LogP contribution in [0.1, 0.15) is 40.0 Å². The van der Waals surface area contributed by atoms with Gasteiger partial charge in [0.15, 0.2) is 0 Å². The van der Waals surface area contributed by atoms with Crippen molar-refractivity contribution < 1.29 is 24.6 Å². The number of carbonyl (C=O) groups is 3. The molecule has 0 fully saturated rings. The van der Waals surface area contributed by atoms with Crippen LogP contribution >= 0.6 is 0 Å². The fourth-order valence-corrected chi connectivity index (χ4v) is 1.63. The summed E-state index contributed by atoms with van der Waals surface area (Å²) in [5.74, 6) is -2.10. The van der Waals surface area contributed by atoms with Crippen molar-refractivity contribution in [3.05, 3.63) is 0 Å². The number of nitrogens with one attached hydrogen (secondary N) is 2. The van der Waals surface area contributed by atoms with Gasteiger partial charge < -0.3 is 20.8 Å². The molecule has 0 aromatic heterocycles. The minimum absolute atomic E-state index is 0.0473. The maximum absolute atomic E-state index is 11.6. The van der Waals surface area contributed by atoms with Crippen molar-refractivity contribution >= 4 is 18.0 Å². The van der Waals surface area contributed by atoms with Crippen LogP contribution in [0.5, 0.6) is 0 Å². The minimum Gasteiger partial charge on any atom is -0.481 e. The lowest BCUT2D eigenvalue weighted by atomic mass is 10.0. The molecule has 1 unspecified atom stereocenters. The zero-order chi connectivity index (χ0) is 15.0. The summed E-state index contributed by atoms with van der Waals surface area (Å²) in [6.45, 7) is 5.82. The van der Waals surface area contributed by atoms with Gasteiger partial charge in [-0.2, -0.15) is 0 Å². The molecule has 0 spiro atoms. The van der Waals surface area contributed by atoms with Gasteiger partial charge in [0.05, 0.1) is 0 Å². The highest BCUT2D eigenvalue weighted by Gasteiger charge is 2.22. The predicted octanol–water partition coefficient (Wildman–Crippen LogP) is 1.04. The summed E-state index contributed by atoms with van der Waals surface area (Å²) in [6, 6.07) is -1.83. The Morgan fingerprint density at radius 2 is 1.68 bits per heavy atom. The molecule has 2 amide bonds. The highest BCUT2D eigenvalue weighted by atomic mass is 16.4. The van der Waals surface area contributed by atoms with E-state index in [1.54, 1.807) is 0 Å². The van der Waals surface area contributed by atoms with Crippen LogP contribution in [0.25, 0.3) is 0 Å². The molecule has 7 heteroatoms. The fraction of sp³-hybridized carbons (Fsp3) is 0.750. The van der Waals surface area contributed by atoms with E-state index in [2.05, 4.69) is 10.6 Å². The first kappa shape index (κ1) is 17.2. The number of urea groups is 1. The average Bonchev–Trinajstić information content (AvgIpc) is 2.30. The molecule has 2 atom stereocenters. The van der Waals surface area contributed by atoms with Crippen molar-refractivity contribution in [1.29, 1.82) is 0 Å². The van der Waals surface area contributed by atoms with Crippen LogP contribution in [0, 0.1) is 5.92 Å². The second kappa shape index (κ2) is 8.34. The number of aliphatic carboxylic acids is 2. The summed E-state index contributed by atoms with van der Waals surface area (Å²) in [4.78, 5) is 32.9. The van der Waals surface area contributed by atoms with E-state index in [-0.39, 0.29) is 24.8 Å². The van der Waals surface area contributed by atoms with Gasteiger partial charge in [-0.1, -0.05) is 20.8 Å². The lowest BCUT2D eigenvalue weighted by molar-refractivity contribution is -0.140. The summed E-state index contributed by atoms with van der Waals surface area (Å²) in [6.07, 6.45) is 0.285. The van der Waals surface area contributed by atoms with Gasteiger partial charge in [0, 0.05) is 12.5 Å². The second-order valence-corrected chi connectivity index (χ2v) is 4.70. The minimum atomic E-state index is -1.24. The predicted molar refractivity (Wildman–Crippen MR) is 68.9 cm³/mol. The highest BCUT2D eigenvalue weighted by molar-refractivity contribution is 5.83. The molecule has 0 aliphatic rings. The Morgan fingerprint density at radius 1 is 1.11 bits per heavy atom. The number of hydrogen-bond donors (Lipinski definition) is 4. The van der Waals surface area contributed by atoms with Gasteiger partial charge in [0.25, 0.3) is 0 Å².